The van der Waals surface area contributed by atoms with Gasteiger partial charge in [0, 0.05) is 5.92 Å². The average Bonchev–Trinajstić information content (AvgIpc) is 2.01. The molecule has 3 aliphatic rings. The lowest BCUT2D eigenvalue weighted by Gasteiger charge is -2.65. The minimum Gasteiger partial charge on any atom is -0.389 e. The van der Waals surface area contributed by atoms with Crippen molar-refractivity contribution >= 4 is 0 Å². The topological polar surface area (TPSA) is 20.2 Å². The third-order valence-corrected chi connectivity index (χ3v) is 4.75. The Hall–Kier alpha value is -0.300. The highest BCUT2D eigenvalue weighted by atomic mass is 16.3. The molecule has 0 heterocycles. The summed E-state index contributed by atoms with van der Waals surface area (Å²) in [6, 6.07) is 0. The summed E-state index contributed by atoms with van der Waals surface area (Å²) in [5, 5.41) is 10.4. The molecule has 1 N–H and O–H groups in total. The zero-order chi connectivity index (χ0) is 9.85. The molecule has 2 bridgehead atoms. The zero-order valence-corrected chi connectivity index (χ0v) is 8.88. The first-order chi connectivity index (χ1) is 5.90. The van der Waals surface area contributed by atoms with Crippen molar-refractivity contribution in [2.75, 3.05) is 0 Å². The van der Waals surface area contributed by atoms with Crippen LogP contribution in [0.3, 0.4) is 0 Å². The molecule has 0 spiro atoms. The minimum atomic E-state index is -0.514. The molecule has 0 radical (unpaired) electrons. The molecule has 4 atom stereocenters. The lowest BCUT2D eigenvalue weighted by Crippen LogP contribution is -2.63. The second-order valence-electron chi connectivity index (χ2n) is 5.61. The number of fused-ring (bicyclic) bond motifs is 2. The monoisotopic (exact) mass is 180 g/mol. The first kappa shape index (κ1) is 9.26. The van der Waals surface area contributed by atoms with E-state index < -0.39 is 5.60 Å². The van der Waals surface area contributed by atoms with E-state index in [0.717, 1.165) is 12.3 Å². The van der Waals surface area contributed by atoms with Crippen LogP contribution >= 0.6 is 0 Å². The summed E-state index contributed by atoms with van der Waals surface area (Å²) in [5.74, 6) is 1.59. The Kier molecular flexibility index (Phi) is 1.70. The highest BCUT2D eigenvalue weighted by molar-refractivity contribution is 5.14. The predicted octanol–water partition coefficient (Wildman–Crippen LogP) is 2.61. The van der Waals surface area contributed by atoms with Gasteiger partial charge < -0.3 is 5.11 Å². The van der Waals surface area contributed by atoms with Crippen molar-refractivity contribution in [3.8, 4) is 0 Å². The first-order valence-corrected chi connectivity index (χ1v) is 5.25. The van der Waals surface area contributed by atoms with Crippen molar-refractivity contribution < 1.29 is 5.11 Å². The highest BCUT2D eigenvalue weighted by Crippen LogP contribution is 2.64. The Morgan fingerprint density at radius 3 is 2.31 bits per heavy atom. The Bertz CT molecular complexity index is 240. The van der Waals surface area contributed by atoms with Crippen LogP contribution in [0.5, 0.6) is 0 Å². The fourth-order valence-corrected chi connectivity index (χ4v) is 3.55. The summed E-state index contributed by atoms with van der Waals surface area (Å²) in [4.78, 5) is 0. The van der Waals surface area contributed by atoms with E-state index in [0.29, 0.717) is 17.3 Å². The molecule has 13 heavy (non-hydrogen) atoms. The van der Waals surface area contributed by atoms with Gasteiger partial charge in [-0.05, 0) is 37.0 Å². The molecule has 0 aromatic heterocycles. The zero-order valence-electron chi connectivity index (χ0n) is 8.88. The van der Waals surface area contributed by atoms with Crippen molar-refractivity contribution in [2.45, 2.75) is 39.2 Å². The Labute approximate surface area is 80.8 Å². The SMILES string of the molecule is C=CC1CC2CC(C2(C)C)C1(C)O. The smallest absolute Gasteiger partial charge is 0.0715 e. The standard InChI is InChI=1S/C12H20O/c1-5-8-6-9-7-10(11(9,2)3)12(8,4)13/h5,8-10,13H,1,6-7H2,2-4H3. The Morgan fingerprint density at radius 1 is 1.31 bits per heavy atom. The van der Waals surface area contributed by atoms with Crippen LogP contribution in [0, 0.1) is 23.2 Å². The molecule has 3 rings (SSSR count). The van der Waals surface area contributed by atoms with Crippen molar-refractivity contribution in [3.63, 3.8) is 0 Å². The Balaban J connectivity index is 2.28. The average molecular weight is 180 g/mol. The normalized spacial score (nSPS) is 52.5. The van der Waals surface area contributed by atoms with Crippen LogP contribution in [-0.2, 0) is 0 Å². The van der Waals surface area contributed by atoms with Crippen LogP contribution in [0.4, 0.5) is 0 Å². The first-order valence-electron chi connectivity index (χ1n) is 5.25. The van der Waals surface area contributed by atoms with Crippen LogP contribution in [0.2, 0.25) is 0 Å². The summed E-state index contributed by atoms with van der Waals surface area (Å²) >= 11 is 0. The van der Waals surface area contributed by atoms with E-state index in [1.54, 1.807) is 0 Å². The molecule has 0 aliphatic heterocycles. The number of hydrogen-bond acceptors (Lipinski definition) is 1. The molecule has 0 aromatic carbocycles. The second kappa shape index (κ2) is 2.38. The summed E-state index contributed by atoms with van der Waals surface area (Å²) in [6.07, 6.45) is 4.28. The lowest BCUT2D eigenvalue weighted by molar-refractivity contribution is -0.214. The molecule has 0 saturated heterocycles. The van der Waals surface area contributed by atoms with E-state index in [9.17, 15) is 5.11 Å². The molecule has 3 fully saturated rings. The Morgan fingerprint density at radius 2 is 1.92 bits per heavy atom. The van der Waals surface area contributed by atoms with Gasteiger partial charge in [0.2, 0.25) is 0 Å². The lowest BCUT2D eigenvalue weighted by atomic mass is 9.42. The van der Waals surface area contributed by atoms with E-state index in [4.69, 9.17) is 0 Å². The molecule has 74 valence electrons. The summed E-state index contributed by atoms with van der Waals surface area (Å²) in [6.45, 7) is 10.4. The van der Waals surface area contributed by atoms with E-state index in [1.165, 1.54) is 6.42 Å². The summed E-state index contributed by atoms with van der Waals surface area (Å²) in [5.41, 5.74) is -0.164. The van der Waals surface area contributed by atoms with Crippen molar-refractivity contribution in [1.29, 1.82) is 0 Å². The van der Waals surface area contributed by atoms with Crippen LogP contribution < -0.4 is 0 Å². The van der Waals surface area contributed by atoms with Gasteiger partial charge in [0.05, 0.1) is 5.60 Å². The summed E-state index contributed by atoms with van der Waals surface area (Å²) < 4.78 is 0. The van der Waals surface area contributed by atoms with Gasteiger partial charge in [-0.2, -0.15) is 0 Å². The van der Waals surface area contributed by atoms with E-state index in [2.05, 4.69) is 20.4 Å². The molecular formula is C12H20O. The predicted molar refractivity (Wildman–Crippen MR) is 54.3 cm³/mol. The molecule has 0 aromatic rings. The third kappa shape index (κ3) is 0.969. The van der Waals surface area contributed by atoms with Crippen LogP contribution in [0.15, 0.2) is 12.7 Å². The minimum absolute atomic E-state index is 0.310. The van der Waals surface area contributed by atoms with E-state index in [1.807, 2.05) is 13.0 Å². The molecule has 1 nitrogen and oxygen atoms in total. The van der Waals surface area contributed by atoms with Crippen LogP contribution in [-0.4, -0.2) is 10.7 Å². The van der Waals surface area contributed by atoms with Crippen molar-refractivity contribution in [1.82, 2.24) is 0 Å². The molecule has 1 heteroatoms. The van der Waals surface area contributed by atoms with E-state index >= 15 is 0 Å². The van der Waals surface area contributed by atoms with Gasteiger partial charge in [-0.25, -0.2) is 0 Å². The fourth-order valence-electron chi connectivity index (χ4n) is 3.55. The van der Waals surface area contributed by atoms with Gasteiger partial charge in [-0.1, -0.05) is 19.9 Å². The molecule has 3 saturated carbocycles. The maximum Gasteiger partial charge on any atom is 0.0715 e. The molecular weight excluding hydrogens is 160 g/mol. The van der Waals surface area contributed by atoms with Gasteiger partial charge in [-0.3, -0.25) is 0 Å². The molecule has 0 amide bonds. The molecule has 3 aliphatic carbocycles. The quantitative estimate of drug-likeness (QED) is 0.615. The molecule has 4 unspecified atom stereocenters. The maximum absolute atomic E-state index is 10.4. The van der Waals surface area contributed by atoms with Gasteiger partial charge in [0.25, 0.3) is 0 Å². The second-order valence-corrected chi connectivity index (χ2v) is 5.61. The fraction of sp³-hybridized carbons (Fsp3) is 0.833. The number of rotatable bonds is 1. The largest absolute Gasteiger partial charge is 0.389 e. The maximum atomic E-state index is 10.4. The van der Waals surface area contributed by atoms with Gasteiger partial charge in [0.15, 0.2) is 0 Å². The van der Waals surface area contributed by atoms with Crippen molar-refractivity contribution in [2.24, 2.45) is 23.2 Å². The highest BCUT2D eigenvalue weighted by Gasteiger charge is 2.61. The van der Waals surface area contributed by atoms with Crippen LogP contribution in [0.1, 0.15) is 33.6 Å². The number of aliphatic hydroxyl groups is 1. The van der Waals surface area contributed by atoms with Crippen molar-refractivity contribution in [3.05, 3.63) is 12.7 Å². The van der Waals surface area contributed by atoms with E-state index in [-0.39, 0.29) is 0 Å². The van der Waals surface area contributed by atoms with Gasteiger partial charge >= 0.3 is 0 Å². The third-order valence-electron chi connectivity index (χ3n) is 4.75. The van der Waals surface area contributed by atoms with Gasteiger partial charge in [-0.15, -0.1) is 6.58 Å². The number of hydrogen-bond donors (Lipinski definition) is 1. The van der Waals surface area contributed by atoms with Crippen LogP contribution in [0.25, 0.3) is 0 Å². The van der Waals surface area contributed by atoms with Gasteiger partial charge in [0.1, 0.15) is 0 Å². The summed E-state index contributed by atoms with van der Waals surface area (Å²) in [7, 11) is 0.